The molecule has 3 rings (SSSR count). The van der Waals surface area contributed by atoms with E-state index in [0.29, 0.717) is 6.61 Å². The molecule has 0 aliphatic carbocycles. The molecule has 1 saturated heterocycles. The van der Waals surface area contributed by atoms with Gasteiger partial charge in [0.2, 0.25) is 0 Å². The van der Waals surface area contributed by atoms with Crippen molar-refractivity contribution < 1.29 is 4.74 Å². The van der Waals surface area contributed by atoms with Crippen LogP contribution >= 0.6 is 15.9 Å². The number of aryl methyl sites for hydroxylation is 1. The van der Waals surface area contributed by atoms with Gasteiger partial charge >= 0.3 is 0 Å². The van der Waals surface area contributed by atoms with Gasteiger partial charge in [0.15, 0.2) is 0 Å². The van der Waals surface area contributed by atoms with Crippen LogP contribution in [0.5, 0.6) is 5.75 Å². The van der Waals surface area contributed by atoms with E-state index in [4.69, 9.17) is 4.74 Å². The molecule has 1 aliphatic rings. The molecular formula is C21H27BrN2O. The molecule has 2 aromatic carbocycles. The Bertz CT molecular complexity index is 683. The summed E-state index contributed by atoms with van der Waals surface area (Å²) in [5.74, 6) is 1.74. The second-order valence-electron chi connectivity index (χ2n) is 6.79. The SMILES string of the molecule is Cc1ccccc1COc1ccc(Br)cc1CNCC1CCNCC1. The van der Waals surface area contributed by atoms with Gasteiger partial charge in [-0.25, -0.2) is 0 Å². The molecule has 1 heterocycles. The Morgan fingerprint density at radius 3 is 2.72 bits per heavy atom. The van der Waals surface area contributed by atoms with Gasteiger partial charge in [-0.2, -0.15) is 0 Å². The van der Waals surface area contributed by atoms with E-state index in [1.165, 1.54) is 29.5 Å². The van der Waals surface area contributed by atoms with E-state index in [1.807, 2.05) is 6.07 Å². The summed E-state index contributed by atoms with van der Waals surface area (Å²) in [6.45, 7) is 6.94. The molecule has 25 heavy (non-hydrogen) atoms. The highest BCUT2D eigenvalue weighted by Crippen LogP contribution is 2.25. The summed E-state index contributed by atoms with van der Waals surface area (Å²) in [6, 6.07) is 14.6. The van der Waals surface area contributed by atoms with Crippen molar-refractivity contribution in [2.45, 2.75) is 32.9 Å². The smallest absolute Gasteiger partial charge is 0.124 e. The Balaban J connectivity index is 1.58. The maximum atomic E-state index is 6.13. The number of halogens is 1. The van der Waals surface area contributed by atoms with Crippen LogP contribution in [-0.4, -0.2) is 19.6 Å². The van der Waals surface area contributed by atoms with Crippen molar-refractivity contribution in [1.82, 2.24) is 10.6 Å². The standard InChI is InChI=1S/C21H27BrN2O/c1-16-4-2-3-5-18(16)15-25-21-7-6-20(22)12-19(21)14-24-13-17-8-10-23-11-9-17/h2-7,12,17,23-24H,8-11,13-15H2,1H3. The molecule has 0 aromatic heterocycles. The summed E-state index contributed by atoms with van der Waals surface area (Å²) in [5.41, 5.74) is 3.71. The van der Waals surface area contributed by atoms with Gasteiger partial charge in [0, 0.05) is 16.6 Å². The van der Waals surface area contributed by atoms with Crippen LogP contribution in [0.2, 0.25) is 0 Å². The number of benzene rings is 2. The molecular weight excluding hydrogens is 376 g/mol. The molecule has 2 N–H and O–H groups in total. The van der Waals surface area contributed by atoms with Gasteiger partial charge in [-0.3, -0.25) is 0 Å². The molecule has 0 unspecified atom stereocenters. The van der Waals surface area contributed by atoms with E-state index >= 15 is 0 Å². The van der Waals surface area contributed by atoms with Crippen LogP contribution in [0.3, 0.4) is 0 Å². The van der Waals surface area contributed by atoms with E-state index in [1.54, 1.807) is 0 Å². The molecule has 2 aromatic rings. The van der Waals surface area contributed by atoms with Crippen molar-refractivity contribution in [2.24, 2.45) is 5.92 Å². The molecule has 0 saturated carbocycles. The van der Waals surface area contributed by atoms with E-state index < -0.39 is 0 Å². The van der Waals surface area contributed by atoms with Crippen LogP contribution < -0.4 is 15.4 Å². The minimum absolute atomic E-state index is 0.607. The minimum Gasteiger partial charge on any atom is -0.489 e. The van der Waals surface area contributed by atoms with Gasteiger partial charge in [-0.05, 0) is 74.6 Å². The lowest BCUT2D eigenvalue weighted by Crippen LogP contribution is -2.33. The predicted molar refractivity (Wildman–Crippen MR) is 107 cm³/mol. The van der Waals surface area contributed by atoms with E-state index in [0.717, 1.165) is 42.3 Å². The van der Waals surface area contributed by atoms with Crippen LogP contribution in [0.25, 0.3) is 0 Å². The van der Waals surface area contributed by atoms with Gasteiger partial charge in [0.25, 0.3) is 0 Å². The third kappa shape index (κ3) is 5.56. The topological polar surface area (TPSA) is 33.3 Å². The number of hydrogen-bond acceptors (Lipinski definition) is 3. The summed E-state index contributed by atoms with van der Waals surface area (Å²) < 4.78 is 7.22. The Morgan fingerprint density at radius 1 is 1.12 bits per heavy atom. The summed E-state index contributed by atoms with van der Waals surface area (Å²) >= 11 is 3.58. The minimum atomic E-state index is 0.607. The molecule has 1 aliphatic heterocycles. The number of hydrogen-bond donors (Lipinski definition) is 2. The molecule has 0 spiro atoms. The number of rotatable bonds is 7. The van der Waals surface area contributed by atoms with Crippen molar-refractivity contribution in [3.05, 3.63) is 63.6 Å². The van der Waals surface area contributed by atoms with Gasteiger partial charge in [0.05, 0.1) is 0 Å². The molecule has 3 nitrogen and oxygen atoms in total. The largest absolute Gasteiger partial charge is 0.489 e. The van der Waals surface area contributed by atoms with Crippen LogP contribution in [0.4, 0.5) is 0 Å². The quantitative estimate of drug-likeness (QED) is 0.718. The second kappa shape index (κ2) is 9.37. The fourth-order valence-electron chi connectivity index (χ4n) is 3.25. The Labute approximate surface area is 159 Å². The first kappa shape index (κ1) is 18.4. The van der Waals surface area contributed by atoms with E-state index in [2.05, 4.69) is 69.9 Å². The van der Waals surface area contributed by atoms with Crippen LogP contribution in [0.1, 0.15) is 29.5 Å². The van der Waals surface area contributed by atoms with Gasteiger partial charge in [0.1, 0.15) is 12.4 Å². The number of nitrogens with one attached hydrogen (secondary N) is 2. The Kier molecular flexibility index (Phi) is 6.91. The van der Waals surface area contributed by atoms with E-state index in [9.17, 15) is 0 Å². The van der Waals surface area contributed by atoms with Crippen molar-refractivity contribution in [3.63, 3.8) is 0 Å². The highest BCUT2D eigenvalue weighted by Gasteiger charge is 2.13. The maximum Gasteiger partial charge on any atom is 0.124 e. The molecule has 134 valence electrons. The van der Waals surface area contributed by atoms with Crippen molar-refractivity contribution in [3.8, 4) is 5.75 Å². The fraction of sp³-hybridized carbons (Fsp3) is 0.429. The zero-order valence-electron chi connectivity index (χ0n) is 14.9. The number of ether oxygens (including phenoxy) is 1. The summed E-state index contributed by atoms with van der Waals surface area (Å²) in [4.78, 5) is 0. The first-order valence-electron chi connectivity index (χ1n) is 9.09. The van der Waals surface area contributed by atoms with Gasteiger partial charge in [-0.1, -0.05) is 40.2 Å². The third-order valence-electron chi connectivity index (χ3n) is 4.87. The number of piperidine rings is 1. The lowest BCUT2D eigenvalue weighted by molar-refractivity contribution is 0.300. The average molecular weight is 403 g/mol. The molecule has 0 radical (unpaired) electrons. The van der Waals surface area contributed by atoms with Gasteiger partial charge in [-0.15, -0.1) is 0 Å². The molecule has 0 atom stereocenters. The third-order valence-corrected chi connectivity index (χ3v) is 5.37. The lowest BCUT2D eigenvalue weighted by atomic mass is 9.98. The van der Waals surface area contributed by atoms with Crippen LogP contribution in [-0.2, 0) is 13.2 Å². The summed E-state index contributed by atoms with van der Waals surface area (Å²) in [7, 11) is 0. The van der Waals surface area contributed by atoms with Crippen molar-refractivity contribution in [1.29, 1.82) is 0 Å². The van der Waals surface area contributed by atoms with E-state index in [-0.39, 0.29) is 0 Å². The highest BCUT2D eigenvalue weighted by atomic mass is 79.9. The molecule has 0 bridgehead atoms. The molecule has 0 amide bonds. The van der Waals surface area contributed by atoms with Crippen LogP contribution in [0, 0.1) is 12.8 Å². The normalized spacial score (nSPS) is 15.3. The maximum absolute atomic E-state index is 6.13. The Morgan fingerprint density at radius 2 is 1.92 bits per heavy atom. The first-order valence-corrected chi connectivity index (χ1v) is 9.89. The average Bonchev–Trinajstić information content (AvgIpc) is 2.63. The highest BCUT2D eigenvalue weighted by molar-refractivity contribution is 9.10. The molecule has 1 fully saturated rings. The first-order chi connectivity index (χ1) is 12.2. The second-order valence-corrected chi connectivity index (χ2v) is 7.71. The summed E-state index contributed by atoms with van der Waals surface area (Å²) in [6.07, 6.45) is 2.53. The predicted octanol–water partition coefficient (Wildman–Crippen LogP) is 4.43. The zero-order valence-corrected chi connectivity index (χ0v) is 16.4. The van der Waals surface area contributed by atoms with Crippen LogP contribution in [0.15, 0.2) is 46.9 Å². The lowest BCUT2D eigenvalue weighted by Gasteiger charge is -2.23. The monoisotopic (exact) mass is 402 g/mol. The molecule has 4 heteroatoms. The van der Waals surface area contributed by atoms with Crippen molar-refractivity contribution in [2.75, 3.05) is 19.6 Å². The zero-order chi connectivity index (χ0) is 17.5. The summed E-state index contributed by atoms with van der Waals surface area (Å²) in [5, 5.41) is 7.04. The fourth-order valence-corrected chi connectivity index (χ4v) is 3.66. The van der Waals surface area contributed by atoms with Crippen molar-refractivity contribution >= 4 is 15.9 Å². The van der Waals surface area contributed by atoms with Gasteiger partial charge < -0.3 is 15.4 Å². The Hall–Kier alpha value is -1.36.